The lowest BCUT2D eigenvalue weighted by molar-refractivity contribution is 0.166. The van der Waals surface area contributed by atoms with Gasteiger partial charge in [-0.3, -0.25) is 0 Å². The first kappa shape index (κ1) is 9.88. The van der Waals surface area contributed by atoms with Gasteiger partial charge in [0.05, 0.1) is 18.4 Å². The van der Waals surface area contributed by atoms with Crippen molar-refractivity contribution in [3.05, 3.63) is 24.5 Å². The predicted molar refractivity (Wildman–Crippen MR) is 50.8 cm³/mol. The van der Waals surface area contributed by atoms with E-state index in [1.165, 1.54) is 6.26 Å². The van der Waals surface area contributed by atoms with Gasteiger partial charge in [0.25, 0.3) is 0 Å². The third-order valence-corrected chi connectivity index (χ3v) is 1.88. The maximum atomic E-state index is 5.73. The largest absolute Gasteiger partial charge is 0.472 e. The summed E-state index contributed by atoms with van der Waals surface area (Å²) in [5, 5.41) is 3.78. The Morgan fingerprint density at radius 3 is 3.13 bits per heavy atom. The number of ether oxygens (including phenoxy) is 1. The summed E-state index contributed by atoms with van der Waals surface area (Å²) in [4.78, 5) is 4.13. The molecule has 2 rings (SSSR count). The summed E-state index contributed by atoms with van der Waals surface area (Å²) in [6.45, 7) is 0.340. The fourth-order valence-corrected chi connectivity index (χ4v) is 1.15. The van der Waals surface area contributed by atoms with E-state index in [4.69, 9.17) is 19.4 Å². The van der Waals surface area contributed by atoms with Crippen LogP contribution < -0.4 is 5.73 Å². The highest BCUT2D eigenvalue weighted by molar-refractivity contribution is 5.51. The van der Waals surface area contributed by atoms with Crippen molar-refractivity contribution < 1.29 is 13.7 Å². The van der Waals surface area contributed by atoms with E-state index in [1.54, 1.807) is 19.4 Å². The van der Waals surface area contributed by atoms with Crippen LogP contribution in [0.4, 0.5) is 0 Å². The maximum absolute atomic E-state index is 5.73. The topological polar surface area (TPSA) is 87.3 Å². The average Bonchev–Trinajstić information content (AvgIpc) is 2.89. The van der Waals surface area contributed by atoms with E-state index in [0.717, 1.165) is 5.56 Å². The number of hydrogen-bond acceptors (Lipinski definition) is 6. The summed E-state index contributed by atoms with van der Waals surface area (Å²) in [5.41, 5.74) is 6.49. The fraction of sp³-hybridized carbons (Fsp3) is 0.333. The predicted octanol–water partition coefficient (Wildman–Crippen LogP) is 0.976. The normalized spacial score (nSPS) is 12.9. The molecule has 0 aromatic carbocycles. The molecule has 6 nitrogen and oxygen atoms in total. The van der Waals surface area contributed by atoms with Gasteiger partial charge in [0.1, 0.15) is 12.3 Å². The Morgan fingerprint density at radius 1 is 1.60 bits per heavy atom. The number of rotatable bonds is 4. The first-order valence-corrected chi connectivity index (χ1v) is 4.42. The molecule has 0 spiro atoms. The van der Waals surface area contributed by atoms with Gasteiger partial charge in [-0.05, 0) is 6.07 Å². The Hall–Kier alpha value is -1.66. The van der Waals surface area contributed by atoms with Gasteiger partial charge in [0.15, 0.2) is 0 Å². The summed E-state index contributed by atoms with van der Waals surface area (Å²) >= 11 is 0. The highest BCUT2D eigenvalue weighted by atomic mass is 16.5. The minimum atomic E-state index is -0.400. The summed E-state index contributed by atoms with van der Waals surface area (Å²) in [5.74, 6) is 0.818. The lowest BCUT2D eigenvalue weighted by Gasteiger charge is -2.02. The molecule has 1 unspecified atom stereocenters. The molecule has 0 fully saturated rings. The summed E-state index contributed by atoms with van der Waals surface area (Å²) in [7, 11) is 1.56. The minimum absolute atomic E-state index is 0.340. The van der Waals surface area contributed by atoms with Gasteiger partial charge in [-0.15, -0.1) is 0 Å². The first-order chi connectivity index (χ1) is 7.31. The van der Waals surface area contributed by atoms with Gasteiger partial charge in [0, 0.05) is 7.11 Å². The lowest BCUT2D eigenvalue weighted by Crippen LogP contribution is -2.16. The summed E-state index contributed by atoms with van der Waals surface area (Å²) < 4.78 is 14.8. The van der Waals surface area contributed by atoms with Crippen molar-refractivity contribution in [3.63, 3.8) is 0 Å². The van der Waals surface area contributed by atoms with Crippen molar-refractivity contribution in [1.29, 1.82) is 0 Å². The summed E-state index contributed by atoms with van der Waals surface area (Å²) in [6.07, 6.45) is 3.08. The molecule has 2 heterocycles. The van der Waals surface area contributed by atoms with Crippen LogP contribution in [-0.2, 0) is 4.74 Å². The Bertz CT molecular complexity index is 410. The Balaban J connectivity index is 2.17. The molecule has 80 valence electrons. The SMILES string of the molecule is COCC(N)c1nc(-c2ccoc2)no1. The number of nitrogens with two attached hydrogens (primary N) is 1. The zero-order chi connectivity index (χ0) is 10.7. The maximum Gasteiger partial charge on any atom is 0.246 e. The first-order valence-electron chi connectivity index (χ1n) is 4.42. The van der Waals surface area contributed by atoms with E-state index in [1.807, 2.05) is 0 Å². The zero-order valence-corrected chi connectivity index (χ0v) is 8.21. The highest BCUT2D eigenvalue weighted by Gasteiger charge is 2.15. The molecule has 0 saturated carbocycles. The number of hydrogen-bond donors (Lipinski definition) is 1. The van der Waals surface area contributed by atoms with E-state index in [2.05, 4.69) is 10.1 Å². The van der Waals surface area contributed by atoms with Gasteiger partial charge in [-0.2, -0.15) is 4.98 Å². The standard InChI is InChI=1S/C9H11N3O3/c1-13-5-7(10)9-11-8(12-15-9)6-2-3-14-4-6/h2-4,7H,5,10H2,1H3. The van der Waals surface area contributed by atoms with E-state index in [-0.39, 0.29) is 0 Å². The molecule has 0 aliphatic heterocycles. The second kappa shape index (κ2) is 4.24. The molecule has 0 radical (unpaired) electrons. The molecular formula is C9H11N3O3. The van der Waals surface area contributed by atoms with Crippen LogP contribution in [0.5, 0.6) is 0 Å². The van der Waals surface area contributed by atoms with Gasteiger partial charge < -0.3 is 19.4 Å². The van der Waals surface area contributed by atoms with Crippen molar-refractivity contribution in [1.82, 2.24) is 10.1 Å². The third-order valence-electron chi connectivity index (χ3n) is 1.88. The molecule has 2 aromatic heterocycles. The Labute approximate surface area is 86.0 Å². The second-order valence-electron chi connectivity index (χ2n) is 3.03. The van der Waals surface area contributed by atoms with Crippen LogP contribution >= 0.6 is 0 Å². The van der Waals surface area contributed by atoms with Gasteiger partial charge in [-0.25, -0.2) is 0 Å². The molecule has 6 heteroatoms. The quantitative estimate of drug-likeness (QED) is 0.807. The van der Waals surface area contributed by atoms with Crippen LogP contribution in [0.25, 0.3) is 11.4 Å². The van der Waals surface area contributed by atoms with Crippen molar-refractivity contribution in [2.24, 2.45) is 5.73 Å². The number of nitrogens with zero attached hydrogens (tertiary/aromatic N) is 2. The molecule has 1 atom stereocenters. The van der Waals surface area contributed by atoms with E-state index < -0.39 is 6.04 Å². The number of furan rings is 1. The van der Waals surface area contributed by atoms with Gasteiger partial charge >= 0.3 is 0 Å². The average molecular weight is 209 g/mol. The fourth-order valence-electron chi connectivity index (χ4n) is 1.15. The molecule has 0 saturated heterocycles. The monoisotopic (exact) mass is 209 g/mol. The van der Waals surface area contributed by atoms with Crippen molar-refractivity contribution in [2.45, 2.75) is 6.04 Å². The zero-order valence-electron chi connectivity index (χ0n) is 8.21. The van der Waals surface area contributed by atoms with Gasteiger partial charge in [-0.1, -0.05) is 5.16 Å². The summed E-state index contributed by atoms with van der Waals surface area (Å²) in [6, 6.07) is 1.35. The van der Waals surface area contributed by atoms with Crippen LogP contribution in [0.15, 0.2) is 27.5 Å². The molecular weight excluding hydrogens is 198 g/mol. The Morgan fingerprint density at radius 2 is 2.47 bits per heavy atom. The van der Waals surface area contributed by atoms with E-state index in [9.17, 15) is 0 Å². The molecule has 0 aliphatic carbocycles. The molecule has 15 heavy (non-hydrogen) atoms. The van der Waals surface area contributed by atoms with E-state index in [0.29, 0.717) is 18.3 Å². The van der Waals surface area contributed by atoms with Crippen molar-refractivity contribution in [2.75, 3.05) is 13.7 Å². The van der Waals surface area contributed by atoms with Crippen molar-refractivity contribution in [3.8, 4) is 11.4 Å². The van der Waals surface area contributed by atoms with Crippen LogP contribution in [0.3, 0.4) is 0 Å². The third kappa shape index (κ3) is 2.05. The van der Waals surface area contributed by atoms with Crippen molar-refractivity contribution >= 4 is 0 Å². The van der Waals surface area contributed by atoms with Gasteiger partial charge in [0.2, 0.25) is 11.7 Å². The second-order valence-corrected chi connectivity index (χ2v) is 3.03. The van der Waals surface area contributed by atoms with Crippen LogP contribution in [-0.4, -0.2) is 23.9 Å². The molecule has 0 bridgehead atoms. The van der Waals surface area contributed by atoms with Crippen LogP contribution in [0.2, 0.25) is 0 Å². The lowest BCUT2D eigenvalue weighted by atomic mass is 10.3. The molecule has 0 aliphatic rings. The highest BCUT2D eigenvalue weighted by Crippen LogP contribution is 2.17. The van der Waals surface area contributed by atoms with E-state index >= 15 is 0 Å². The minimum Gasteiger partial charge on any atom is -0.472 e. The molecule has 0 amide bonds. The molecule has 2 N–H and O–H groups in total. The molecule has 2 aromatic rings. The van der Waals surface area contributed by atoms with Crippen LogP contribution in [0, 0.1) is 0 Å². The number of methoxy groups -OCH3 is 1. The smallest absolute Gasteiger partial charge is 0.246 e. The van der Waals surface area contributed by atoms with Crippen LogP contribution in [0.1, 0.15) is 11.9 Å². The number of aromatic nitrogens is 2. The Kier molecular flexibility index (Phi) is 2.79.